The van der Waals surface area contributed by atoms with Crippen molar-refractivity contribution in [1.82, 2.24) is 20.0 Å². The van der Waals surface area contributed by atoms with Crippen LogP contribution in [-0.4, -0.2) is 34.1 Å². The molecule has 0 saturated heterocycles. The molecule has 9 heteroatoms. The van der Waals surface area contributed by atoms with Crippen molar-refractivity contribution in [3.8, 4) is 16.9 Å². The highest BCUT2D eigenvalue weighted by atomic mass is 32.2. The lowest BCUT2D eigenvalue weighted by Gasteiger charge is -2.09. The van der Waals surface area contributed by atoms with Gasteiger partial charge in [-0.05, 0) is 31.5 Å². The Morgan fingerprint density at radius 1 is 1.15 bits per heavy atom. The Balaban J connectivity index is 2.00. The van der Waals surface area contributed by atoms with Gasteiger partial charge in [0.05, 0.1) is 17.7 Å². The lowest BCUT2D eigenvalue weighted by atomic mass is 10.2. The largest absolute Gasteiger partial charge is 0.261 e. The Kier molecular flexibility index (Phi) is 5.31. The normalized spacial score (nSPS) is 11.7. The Hall–Kier alpha value is -2.68. The van der Waals surface area contributed by atoms with Crippen molar-refractivity contribution in [1.29, 1.82) is 0 Å². The van der Waals surface area contributed by atoms with E-state index in [4.69, 9.17) is 0 Å². The highest BCUT2D eigenvalue weighted by molar-refractivity contribution is 7.90. The molecule has 0 saturated carbocycles. The lowest BCUT2D eigenvalue weighted by molar-refractivity contribution is 0.547. The van der Waals surface area contributed by atoms with Gasteiger partial charge in [-0.25, -0.2) is 21.9 Å². The Bertz CT molecular complexity index is 1060. The maximum atomic E-state index is 14.8. The van der Waals surface area contributed by atoms with Crippen LogP contribution in [0.4, 0.5) is 8.78 Å². The number of hydrogen-bond donors (Lipinski definition) is 0. The summed E-state index contributed by atoms with van der Waals surface area (Å²) in [5.41, 5.74) is 1.30. The molecule has 3 aromatic rings. The van der Waals surface area contributed by atoms with Gasteiger partial charge in [-0.3, -0.25) is 4.98 Å². The van der Waals surface area contributed by atoms with E-state index in [9.17, 15) is 17.2 Å². The third kappa shape index (κ3) is 4.19. The SMILES string of the molecule is CCCS(=O)(=O)Cc1ccc(F)c(-n2cc(-c3ccc(C)nc3)nn2)c1F. The minimum atomic E-state index is -3.48. The second-order valence-corrected chi connectivity index (χ2v) is 8.38. The zero-order valence-electron chi connectivity index (χ0n) is 14.9. The number of benzene rings is 1. The van der Waals surface area contributed by atoms with Crippen LogP contribution in [0.2, 0.25) is 0 Å². The molecule has 27 heavy (non-hydrogen) atoms. The van der Waals surface area contributed by atoms with Gasteiger partial charge in [0.1, 0.15) is 11.4 Å². The molecule has 1 aromatic carbocycles. The van der Waals surface area contributed by atoms with Crippen LogP contribution in [0.15, 0.2) is 36.7 Å². The fourth-order valence-corrected chi connectivity index (χ4v) is 4.11. The highest BCUT2D eigenvalue weighted by Gasteiger charge is 2.21. The number of sulfone groups is 1. The minimum absolute atomic E-state index is 0.0625. The topological polar surface area (TPSA) is 77.7 Å². The second-order valence-electron chi connectivity index (χ2n) is 6.20. The molecule has 0 aliphatic carbocycles. The van der Waals surface area contributed by atoms with E-state index in [1.54, 1.807) is 25.3 Å². The lowest BCUT2D eigenvalue weighted by Crippen LogP contribution is -2.12. The summed E-state index contributed by atoms with van der Waals surface area (Å²) < 4.78 is 54.1. The van der Waals surface area contributed by atoms with Crippen molar-refractivity contribution in [2.24, 2.45) is 0 Å². The second kappa shape index (κ2) is 7.51. The van der Waals surface area contributed by atoms with Gasteiger partial charge in [0.2, 0.25) is 0 Å². The van der Waals surface area contributed by atoms with Crippen LogP contribution in [0, 0.1) is 18.6 Å². The van der Waals surface area contributed by atoms with Gasteiger partial charge in [0, 0.05) is 23.0 Å². The van der Waals surface area contributed by atoms with E-state index in [2.05, 4.69) is 15.3 Å². The van der Waals surface area contributed by atoms with Crippen LogP contribution in [0.5, 0.6) is 0 Å². The van der Waals surface area contributed by atoms with E-state index in [0.717, 1.165) is 22.5 Å². The van der Waals surface area contributed by atoms with Crippen LogP contribution in [0.3, 0.4) is 0 Å². The summed E-state index contributed by atoms with van der Waals surface area (Å²) in [6, 6.07) is 5.74. The first-order chi connectivity index (χ1) is 12.8. The molecular formula is C18H18F2N4O2S. The maximum Gasteiger partial charge on any atom is 0.156 e. The average Bonchev–Trinajstić information content (AvgIpc) is 3.08. The smallest absolute Gasteiger partial charge is 0.156 e. The number of rotatable bonds is 6. The summed E-state index contributed by atoms with van der Waals surface area (Å²) in [5, 5.41) is 7.72. The first-order valence-electron chi connectivity index (χ1n) is 8.34. The van der Waals surface area contributed by atoms with Crippen LogP contribution in [-0.2, 0) is 15.6 Å². The average molecular weight is 392 g/mol. The molecule has 0 radical (unpaired) electrons. The number of aromatic nitrogens is 4. The zero-order chi connectivity index (χ0) is 19.6. The fraction of sp³-hybridized carbons (Fsp3) is 0.278. The van der Waals surface area contributed by atoms with Gasteiger partial charge in [-0.15, -0.1) is 5.10 Å². The molecule has 0 N–H and O–H groups in total. The van der Waals surface area contributed by atoms with Crippen molar-refractivity contribution < 1.29 is 17.2 Å². The van der Waals surface area contributed by atoms with E-state index in [1.807, 2.05) is 6.92 Å². The van der Waals surface area contributed by atoms with E-state index in [0.29, 0.717) is 17.7 Å². The first kappa shape index (κ1) is 19.1. The number of nitrogens with zero attached hydrogens (tertiary/aromatic N) is 4. The molecule has 142 valence electrons. The predicted molar refractivity (Wildman–Crippen MR) is 97.0 cm³/mol. The van der Waals surface area contributed by atoms with Crippen molar-refractivity contribution >= 4 is 9.84 Å². The molecule has 2 aromatic heterocycles. The Labute approximate surface area is 155 Å². The molecule has 0 unspecified atom stereocenters. The number of halogens is 2. The van der Waals surface area contributed by atoms with Gasteiger partial charge in [-0.2, -0.15) is 0 Å². The van der Waals surface area contributed by atoms with E-state index < -0.39 is 32.9 Å². The van der Waals surface area contributed by atoms with Gasteiger partial charge in [0.25, 0.3) is 0 Å². The third-order valence-electron chi connectivity index (χ3n) is 3.97. The first-order valence-corrected chi connectivity index (χ1v) is 10.2. The van der Waals surface area contributed by atoms with Gasteiger partial charge in [0.15, 0.2) is 21.5 Å². The molecule has 0 aliphatic rings. The molecule has 6 nitrogen and oxygen atoms in total. The summed E-state index contributed by atoms with van der Waals surface area (Å²) in [6.45, 7) is 3.56. The summed E-state index contributed by atoms with van der Waals surface area (Å²) in [4.78, 5) is 4.15. The Morgan fingerprint density at radius 3 is 2.59 bits per heavy atom. The van der Waals surface area contributed by atoms with E-state index in [-0.39, 0.29) is 11.3 Å². The number of pyridine rings is 1. The maximum absolute atomic E-state index is 14.8. The minimum Gasteiger partial charge on any atom is -0.261 e. The summed E-state index contributed by atoms with van der Waals surface area (Å²) >= 11 is 0. The van der Waals surface area contributed by atoms with Crippen molar-refractivity contribution in [3.05, 3.63) is 59.6 Å². The quantitative estimate of drug-likeness (QED) is 0.644. The van der Waals surface area contributed by atoms with E-state index in [1.165, 1.54) is 6.20 Å². The summed E-state index contributed by atoms with van der Waals surface area (Å²) in [5.74, 6) is -2.38. The molecule has 3 rings (SSSR count). The predicted octanol–water partition coefficient (Wildman–Crippen LogP) is 3.24. The molecule has 0 aliphatic heterocycles. The van der Waals surface area contributed by atoms with Crippen LogP contribution < -0.4 is 0 Å². The van der Waals surface area contributed by atoms with Crippen molar-refractivity contribution in [2.75, 3.05) is 5.75 Å². The van der Waals surface area contributed by atoms with Crippen molar-refractivity contribution in [2.45, 2.75) is 26.0 Å². The molecule has 0 bridgehead atoms. The van der Waals surface area contributed by atoms with E-state index >= 15 is 0 Å². The highest BCUT2D eigenvalue weighted by Crippen LogP contribution is 2.24. The zero-order valence-corrected chi connectivity index (χ0v) is 15.7. The fourth-order valence-electron chi connectivity index (χ4n) is 2.65. The number of hydrogen-bond acceptors (Lipinski definition) is 5. The molecular weight excluding hydrogens is 374 g/mol. The molecule has 0 atom stereocenters. The standard InChI is InChI=1S/C18H18F2N4O2S/c1-3-8-27(25,26)11-14-6-7-15(19)18(17(14)20)24-10-16(22-23-24)13-5-4-12(2)21-9-13/h4-7,9-10H,3,8,11H2,1-2H3. The molecule has 0 spiro atoms. The summed E-state index contributed by atoms with van der Waals surface area (Å²) in [7, 11) is -3.48. The number of aryl methyl sites for hydroxylation is 1. The molecule has 0 amide bonds. The monoisotopic (exact) mass is 392 g/mol. The molecule has 2 heterocycles. The van der Waals surface area contributed by atoms with Crippen molar-refractivity contribution in [3.63, 3.8) is 0 Å². The van der Waals surface area contributed by atoms with Crippen LogP contribution in [0.1, 0.15) is 24.6 Å². The summed E-state index contributed by atoms with van der Waals surface area (Å²) in [6.07, 6.45) is 3.39. The molecule has 0 fully saturated rings. The van der Waals surface area contributed by atoms with Crippen LogP contribution >= 0.6 is 0 Å². The third-order valence-corrected chi connectivity index (χ3v) is 5.75. The Morgan fingerprint density at radius 2 is 1.93 bits per heavy atom. The van der Waals surface area contributed by atoms with Gasteiger partial charge in [-0.1, -0.05) is 18.2 Å². The van der Waals surface area contributed by atoms with Gasteiger partial charge < -0.3 is 0 Å². The van der Waals surface area contributed by atoms with Gasteiger partial charge >= 0.3 is 0 Å². The van der Waals surface area contributed by atoms with Crippen LogP contribution in [0.25, 0.3) is 16.9 Å².